The van der Waals surface area contributed by atoms with Crippen LogP contribution in [0.25, 0.3) is 0 Å². The Kier molecular flexibility index (Phi) is 44.1. The van der Waals surface area contributed by atoms with E-state index in [1.807, 2.05) is 90.9 Å². The summed E-state index contributed by atoms with van der Waals surface area (Å²) in [5.41, 5.74) is 2.08. The fourth-order valence-electron chi connectivity index (χ4n) is 14.6. The number of piperidine rings is 2. The van der Waals surface area contributed by atoms with E-state index >= 15 is 0 Å². The van der Waals surface area contributed by atoms with Gasteiger partial charge in [-0.25, -0.2) is 0 Å². The molecule has 2 aromatic carbocycles. The molecule has 3 fully saturated rings. The van der Waals surface area contributed by atoms with Gasteiger partial charge in [-0.3, -0.25) is 62.4 Å². The summed E-state index contributed by atoms with van der Waals surface area (Å²) >= 11 is 0. The van der Waals surface area contributed by atoms with E-state index in [4.69, 9.17) is 48.1 Å². The van der Waals surface area contributed by atoms with Crippen molar-refractivity contribution in [3.8, 4) is 0 Å². The summed E-state index contributed by atoms with van der Waals surface area (Å²) in [6.45, 7) is 19.6. The van der Waals surface area contributed by atoms with Gasteiger partial charge in [-0.15, -0.1) is 0 Å². The third kappa shape index (κ3) is 33.1. The number of hydrogen-bond donors (Lipinski definition) is 4. The van der Waals surface area contributed by atoms with Crippen LogP contribution >= 0.6 is 0 Å². The van der Waals surface area contributed by atoms with Crippen molar-refractivity contribution in [3.63, 3.8) is 0 Å². The quantitative estimate of drug-likeness (QED) is 0.0375. The summed E-state index contributed by atoms with van der Waals surface area (Å²) in [4.78, 5) is 163. The van der Waals surface area contributed by atoms with Crippen LogP contribution in [-0.4, -0.2) is 276 Å². The molecule has 624 valence electrons. The number of esters is 1. The first-order chi connectivity index (χ1) is 52.9. The molecule has 0 bridgehead atoms. The highest BCUT2D eigenvalue weighted by Crippen LogP contribution is 2.32. The summed E-state index contributed by atoms with van der Waals surface area (Å²) in [6.07, 6.45) is 3.64. The summed E-state index contributed by atoms with van der Waals surface area (Å²) in [6, 6.07) is 14.1. The van der Waals surface area contributed by atoms with E-state index in [1.165, 1.54) is 14.2 Å². The monoisotopic (exact) mass is 1560 g/mol. The first kappa shape index (κ1) is 95.7. The molecule has 0 spiro atoms. The van der Waals surface area contributed by atoms with Crippen molar-refractivity contribution in [2.75, 3.05) is 140 Å². The molecule has 10 atom stereocenters. The van der Waals surface area contributed by atoms with Crippen LogP contribution in [-0.2, 0) is 108 Å². The van der Waals surface area contributed by atoms with Crippen LogP contribution in [0.1, 0.15) is 156 Å². The SMILES string of the molecule is CC[C@H](C)[C@@H]([C@@H](CC(=O)N1CCC[C@H]1[C@H](OC)[C@@H](C)C(=O)N[C@@H](Cc1ccccc1)C(=O)COCc1ccc(NC(=O)[C@@H](C)CC(=O)CCOCCOCCC(=O)N2CCC(C(=O)O)CC2)cc1)OC)N(C)C(=O)[C@@H](CC(=O)[C@H](C(C)C)N(C)C)C(C)C.COC(=O)C1CCN(C(=O)CCOCCOCCC(=O)O)CC1. The second-order valence-electron chi connectivity index (χ2n) is 30.3. The lowest BCUT2D eigenvalue weighted by molar-refractivity contribution is -0.149. The van der Waals surface area contributed by atoms with Crippen molar-refractivity contribution in [2.24, 2.45) is 47.3 Å². The average molecular weight is 1560 g/mol. The summed E-state index contributed by atoms with van der Waals surface area (Å²) < 4.78 is 44.2. The number of aliphatic carboxylic acids is 2. The van der Waals surface area contributed by atoms with E-state index in [0.717, 1.165) is 11.1 Å². The number of Topliss-reactive ketones (excluding diaryl/α,β-unsaturated/α-hetero) is 3. The molecular formula is C82H129N7O22. The van der Waals surface area contributed by atoms with Crippen LogP contribution in [0.2, 0.25) is 0 Å². The van der Waals surface area contributed by atoms with E-state index in [-0.39, 0.29) is 180 Å². The van der Waals surface area contributed by atoms with Crippen LogP contribution in [0, 0.1) is 47.3 Å². The Morgan fingerprint density at radius 1 is 0.568 bits per heavy atom. The molecule has 3 heterocycles. The molecule has 5 rings (SSSR count). The van der Waals surface area contributed by atoms with E-state index in [2.05, 4.69) is 10.6 Å². The predicted octanol–water partition coefficient (Wildman–Crippen LogP) is 7.20. The number of anilines is 1. The maximum atomic E-state index is 14.6. The predicted molar refractivity (Wildman–Crippen MR) is 415 cm³/mol. The maximum absolute atomic E-state index is 14.6. The fourth-order valence-corrected chi connectivity index (χ4v) is 14.6. The highest BCUT2D eigenvalue weighted by molar-refractivity contribution is 5.95. The van der Waals surface area contributed by atoms with Crippen molar-refractivity contribution >= 4 is 76.4 Å². The van der Waals surface area contributed by atoms with Gasteiger partial charge in [0.2, 0.25) is 35.4 Å². The molecule has 111 heavy (non-hydrogen) atoms. The molecular weight excluding hydrogens is 1430 g/mol. The van der Waals surface area contributed by atoms with E-state index in [1.54, 1.807) is 71.9 Å². The largest absolute Gasteiger partial charge is 0.481 e. The molecule has 6 amide bonds. The Balaban J connectivity index is 0.000000962. The molecule has 3 saturated heterocycles. The fraction of sp³-hybridized carbons (Fsp3) is 0.707. The van der Waals surface area contributed by atoms with Gasteiger partial charge in [0.15, 0.2) is 11.6 Å². The molecule has 4 N–H and O–H groups in total. The Bertz CT molecular complexity index is 3210. The van der Waals surface area contributed by atoms with Gasteiger partial charge in [0, 0.05) is 90.8 Å². The number of carboxylic acids is 2. The summed E-state index contributed by atoms with van der Waals surface area (Å²) in [5, 5.41) is 23.4. The Morgan fingerprint density at radius 3 is 1.61 bits per heavy atom. The van der Waals surface area contributed by atoms with E-state index in [9.17, 15) is 57.5 Å². The van der Waals surface area contributed by atoms with Gasteiger partial charge >= 0.3 is 17.9 Å². The minimum Gasteiger partial charge on any atom is -0.481 e. The first-order valence-electron chi connectivity index (χ1n) is 39.4. The summed E-state index contributed by atoms with van der Waals surface area (Å²) in [5.74, 6) is -6.10. The normalized spacial score (nSPS) is 17.3. The number of benzene rings is 2. The molecule has 29 nitrogen and oxygen atoms in total. The van der Waals surface area contributed by atoms with Gasteiger partial charge < -0.3 is 78.3 Å². The highest BCUT2D eigenvalue weighted by atomic mass is 16.5. The highest BCUT2D eigenvalue weighted by Gasteiger charge is 2.44. The number of carboxylic acid groups (broad SMARTS) is 2. The topological polar surface area (TPSA) is 359 Å². The van der Waals surface area contributed by atoms with Crippen LogP contribution in [0.5, 0.6) is 0 Å². The lowest BCUT2D eigenvalue weighted by Crippen LogP contribution is -2.55. The number of methoxy groups -OCH3 is 3. The number of ketones is 3. The molecule has 3 aliphatic rings. The van der Waals surface area contributed by atoms with E-state index < -0.39 is 71.9 Å². The van der Waals surface area contributed by atoms with Crippen molar-refractivity contribution in [1.29, 1.82) is 0 Å². The third-order valence-corrected chi connectivity index (χ3v) is 21.3. The molecule has 0 aliphatic carbocycles. The smallest absolute Gasteiger partial charge is 0.308 e. The molecule has 0 saturated carbocycles. The molecule has 0 aromatic heterocycles. The molecule has 0 unspecified atom stereocenters. The van der Waals surface area contributed by atoms with Gasteiger partial charge in [0.25, 0.3) is 0 Å². The number of hydrogen-bond acceptors (Lipinski definition) is 21. The molecule has 0 radical (unpaired) electrons. The van der Waals surface area contributed by atoms with Crippen LogP contribution < -0.4 is 10.6 Å². The minimum atomic E-state index is -0.952. The number of nitrogens with zero attached hydrogens (tertiary/aromatic N) is 5. The minimum absolute atomic E-state index is 0.0140. The molecule has 3 aliphatic heterocycles. The van der Waals surface area contributed by atoms with Crippen LogP contribution in [0.3, 0.4) is 0 Å². The number of carbonyl (C=O) groups excluding carboxylic acids is 10. The van der Waals surface area contributed by atoms with Gasteiger partial charge in [0.05, 0.1) is 146 Å². The molecule has 2 aromatic rings. The number of carbonyl (C=O) groups is 12. The Hall–Kier alpha value is -7.64. The van der Waals surface area contributed by atoms with Gasteiger partial charge in [-0.05, 0) is 100 Å². The molecule has 29 heteroatoms. The number of likely N-dealkylation sites (tertiary alicyclic amines) is 3. The van der Waals surface area contributed by atoms with Crippen molar-refractivity contribution in [2.45, 2.75) is 195 Å². The van der Waals surface area contributed by atoms with Crippen molar-refractivity contribution in [1.82, 2.24) is 29.8 Å². The zero-order valence-corrected chi connectivity index (χ0v) is 68.3. The van der Waals surface area contributed by atoms with E-state index in [0.29, 0.717) is 103 Å². The van der Waals surface area contributed by atoms with Crippen LogP contribution in [0.4, 0.5) is 5.69 Å². The maximum Gasteiger partial charge on any atom is 0.308 e. The standard InChI is InChI=1S/C67H104N6O15.C15H25NO7/c1-14-45(6)62(71(11)66(81)53(43(2)3)39-56(75)61(44(4)5)70(9)10)58(84-12)40-60(78)73-30-18-21-55(73)63(85-13)47(8)65(80)69-54(38-48-19-16-15-17-20-48)57(76)42-88-41-49-22-24-51(25-23-49)68-64(79)46(7)37-52(74)28-33-86-35-36-87-34-29-59(77)72-31-26-50(27-32-72)67(82)83;1-21-15(20)12-2-6-16(7-3-12)13(17)4-8-22-10-11-23-9-5-14(18)19/h15-17,19-20,22-25,43-47,50,53-55,58,61-63H,14,18,21,26-42H2,1-13H3,(H,68,79)(H,69,80)(H,82,83);12H,2-11H2,1H3,(H,18,19)/t45-,46-,47+,53-,54-,55-,58+,61-,62-,63+;/m0./s1. The number of nitrogens with one attached hydrogen (secondary N) is 2. The zero-order valence-electron chi connectivity index (χ0n) is 68.3. The van der Waals surface area contributed by atoms with Crippen LogP contribution in [0.15, 0.2) is 54.6 Å². The number of amides is 6. The number of rotatable bonds is 50. The van der Waals surface area contributed by atoms with Crippen molar-refractivity contribution < 1.29 is 106 Å². The lowest BCUT2D eigenvalue weighted by atomic mass is 9.83. The third-order valence-electron chi connectivity index (χ3n) is 21.3. The lowest BCUT2D eigenvalue weighted by Gasteiger charge is -2.41. The van der Waals surface area contributed by atoms with Crippen molar-refractivity contribution in [3.05, 3.63) is 65.7 Å². The number of likely N-dealkylation sites (N-methyl/N-ethyl adjacent to an activating group) is 2. The average Bonchev–Trinajstić information content (AvgIpc) is 1.78. The Morgan fingerprint density at radius 2 is 1.12 bits per heavy atom. The second-order valence-corrected chi connectivity index (χ2v) is 30.3. The van der Waals surface area contributed by atoms with Gasteiger partial charge in [-0.1, -0.05) is 104 Å². The zero-order chi connectivity index (χ0) is 82.3. The van der Waals surface area contributed by atoms with Gasteiger partial charge in [-0.2, -0.15) is 0 Å². The second kappa shape index (κ2) is 51.2. The Labute approximate surface area is 656 Å². The first-order valence-corrected chi connectivity index (χ1v) is 39.4. The summed E-state index contributed by atoms with van der Waals surface area (Å²) in [7, 11) is 9.96. The van der Waals surface area contributed by atoms with Gasteiger partial charge in [0.1, 0.15) is 12.4 Å². The number of ether oxygens (including phenoxy) is 8.